The molecule has 1 saturated heterocycles. The number of halogens is 5. The SMILES string of the molecule is O=C(O)C[C@@H](Cc1c(F)c(F)c(F)c(F)c1F)NC(=O)[C@@H]1CC(NC(=O)c2ccc3c(c2)B(O)OC3)CN1C(=O)c1ccc2c(c1)B(O)OC2. The Balaban J connectivity index is 1.27. The third kappa shape index (κ3) is 6.68. The minimum absolute atomic E-state index is 0.0224. The van der Waals surface area contributed by atoms with Crippen molar-refractivity contribution in [1.29, 1.82) is 0 Å². The van der Waals surface area contributed by atoms with E-state index >= 15 is 0 Å². The molecule has 3 amide bonds. The Bertz CT molecular complexity index is 1890. The van der Waals surface area contributed by atoms with E-state index in [4.69, 9.17) is 9.31 Å². The molecule has 3 aliphatic rings. The first-order chi connectivity index (χ1) is 23.7. The lowest BCUT2D eigenvalue weighted by molar-refractivity contribution is -0.137. The Morgan fingerprint density at radius 2 is 1.38 bits per heavy atom. The molecule has 1 fully saturated rings. The molecule has 19 heteroatoms. The number of benzene rings is 3. The summed E-state index contributed by atoms with van der Waals surface area (Å²) in [7, 11) is -2.54. The number of hydrogen-bond donors (Lipinski definition) is 5. The minimum atomic E-state index is -2.41. The fourth-order valence-corrected chi connectivity index (χ4v) is 6.31. The van der Waals surface area contributed by atoms with Crippen molar-refractivity contribution in [2.24, 2.45) is 0 Å². The number of amides is 3. The van der Waals surface area contributed by atoms with Gasteiger partial charge in [0.05, 0.1) is 19.6 Å². The second kappa shape index (κ2) is 13.8. The fourth-order valence-electron chi connectivity index (χ4n) is 6.31. The van der Waals surface area contributed by atoms with Gasteiger partial charge < -0.3 is 40.0 Å². The van der Waals surface area contributed by atoms with Gasteiger partial charge in [-0.1, -0.05) is 12.1 Å². The van der Waals surface area contributed by atoms with Gasteiger partial charge in [0.15, 0.2) is 23.3 Å². The number of hydrogen-bond acceptors (Lipinski definition) is 8. The molecule has 3 heterocycles. The summed E-state index contributed by atoms with van der Waals surface area (Å²) in [5, 5.41) is 34.6. The van der Waals surface area contributed by atoms with Crippen molar-refractivity contribution >= 4 is 48.9 Å². The fraction of sp³-hybridized carbons (Fsp3) is 0.290. The number of aliphatic carboxylic acids is 1. The Morgan fingerprint density at radius 3 is 1.96 bits per heavy atom. The summed E-state index contributed by atoms with van der Waals surface area (Å²) < 4.78 is 80.8. The van der Waals surface area contributed by atoms with E-state index in [1.165, 1.54) is 24.3 Å². The molecule has 0 aliphatic carbocycles. The van der Waals surface area contributed by atoms with E-state index in [-0.39, 0.29) is 37.3 Å². The highest BCUT2D eigenvalue weighted by atomic mass is 19.2. The van der Waals surface area contributed by atoms with Gasteiger partial charge in [-0.15, -0.1) is 0 Å². The highest BCUT2D eigenvalue weighted by molar-refractivity contribution is 6.62. The molecule has 5 N–H and O–H groups in total. The van der Waals surface area contributed by atoms with E-state index in [2.05, 4.69) is 10.6 Å². The van der Waals surface area contributed by atoms with Crippen LogP contribution in [0.1, 0.15) is 50.2 Å². The van der Waals surface area contributed by atoms with Crippen molar-refractivity contribution in [3.63, 3.8) is 0 Å². The molecule has 3 aliphatic heterocycles. The van der Waals surface area contributed by atoms with E-state index in [0.717, 1.165) is 4.90 Å². The molecule has 12 nitrogen and oxygen atoms in total. The van der Waals surface area contributed by atoms with E-state index in [1.807, 2.05) is 0 Å². The van der Waals surface area contributed by atoms with Crippen LogP contribution in [0.4, 0.5) is 22.0 Å². The molecule has 0 aromatic heterocycles. The molecule has 0 radical (unpaired) electrons. The van der Waals surface area contributed by atoms with Crippen molar-refractivity contribution < 1.29 is 65.6 Å². The molecule has 50 heavy (non-hydrogen) atoms. The number of carboxylic acid groups (broad SMARTS) is 1. The van der Waals surface area contributed by atoms with Crippen LogP contribution in [0.15, 0.2) is 36.4 Å². The van der Waals surface area contributed by atoms with Gasteiger partial charge in [0.2, 0.25) is 11.7 Å². The summed E-state index contributed by atoms with van der Waals surface area (Å²) in [6, 6.07) is 4.85. The van der Waals surface area contributed by atoms with Crippen LogP contribution in [-0.4, -0.2) is 82.7 Å². The minimum Gasteiger partial charge on any atom is -0.481 e. The van der Waals surface area contributed by atoms with Gasteiger partial charge in [-0.3, -0.25) is 19.2 Å². The van der Waals surface area contributed by atoms with Gasteiger partial charge in [-0.2, -0.15) is 0 Å². The lowest BCUT2D eigenvalue weighted by Gasteiger charge is -2.26. The first kappa shape index (κ1) is 35.0. The topological polar surface area (TPSA) is 175 Å². The van der Waals surface area contributed by atoms with Crippen molar-refractivity contribution in [3.05, 3.63) is 93.3 Å². The average Bonchev–Trinajstić information content (AvgIpc) is 3.80. The maximum absolute atomic E-state index is 14.5. The maximum atomic E-state index is 14.5. The van der Waals surface area contributed by atoms with Gasteiger partial charge in [0.25, 0.3) is 11.8 Å². The Kier molecular flexibility index (Phi) is 9.67. The number of nitrogens with zero attached hydrogens (tertiary/aromatic N) is 1. The maximum Gasteiger partial charge on any atom is 0.491 e. The molecule has 3 atom stereocenters. The van der Waals surface area contributed by atoms with E-state index in [1.54, 1.807) is 12.1 Å². The molecular weight excluding hydrogens is 675 g/mol. The molecule has 0 bridgehead atoms. The Labute approximate surface area is 280 Å². The first-order valence-electron chi connectivity index (χ1n) is 15.2. The zero-order valence-corrected chi connectivity index (χ0v) is 25.7. The van der Waals surface area contributed by atoms with Crippen LogP contribution in [0.2, 0.25) is 0 Å². The smallest absolute Gasteiger partial charge is 0.481 e. The number of rotatable bonds is 9. The van der Waals surface area contributed by atoms with Gasteiger partial charge in [0, 0.05) is 35.3 Å². The van der Waals surface area contributed by atoms with Crippen LogP contribution in [0.5, 0.6) is 0 Å². The van der Waals surface area contributed by atoms with Gasteiger partial charge in [0.1, 0.15) is 6.04 Å². The number of carboxylic acids is 1. The second-order valence-electron chi connectivity index (χ2n) is 12.1. The second-order valence-corrected chi connectivity index (χ2v) is 12.1. The summed E-state index contributed by atoms with van der Waals surface area (Å²) in [4.78, 5) is 53.5. The molecule has 3 aromatic rings. The van der Waals surface area contributed by atoms with Crippen LogP contribution >= 0.6 is 0 Å². The molecule has 6 rings (SSSR count). The zero-order chi connectivity index (χ0) is 36.0. The summed E-state index contributed by atoms with van der Waals surface area (Å²) >= 11 is 0. The third-order valence-corrected chi connectivity index (χ3v) is 8.84. The molecule has 260 valence electrons. The first-order valence-corrected chi connectivity index (χ1v) is 15.2. The predicted octanol–water partition coefficient (Wildman–Crippen LogP) is 0.0328. The summed E-state index contributed by atoms with van der Waals surface area (Å²) in [5.74, 6) is -15.3. The molecule has 3 aromatic carbocycles. The zero-order valence-electron chi connectivity index (χ0n) is 25.7. The van der Waals surface area contributed by atoms with Gasteiger partial charge in [-0.25, -0.2) is 22.0 Å². The van der Waals surface area contributed by atoms with Crippen LogP contribution in [0.25, 0.3) is 0 Å². The number of nitrogens with one attached hydrogen (secondary N) is 2. The largest absolute Gasteiger partial charge is 0.491 e. The number of carbonyl (C=O) groups is 4. The lowest BCUT2D eigenvalue weighted by atomic mass is 9.78. The summed E-state index contributed by atoms with van der Waals surface area (Å²) in [5.41, 5.74) is 0.804. The van der Waals surface area contributed by atoms with Crippen LogP contribution in [0.3, 0.4) is 0 Å². The normalized spacial score (nSPS) is 18.6. The van der Waals surface area contributed by atoms with Crippen LogP contribution in [0, 0.1) is 29.1 Å². The molecular formula is C31H26B2F5N3O9. The highest BCUT2D eigenvalue weighted by Gasteiger charge is 2.42. The molecule has 0 saturated carbocycles. The quantitative estimate of drug-likeness (QED) is 0.0894. The Hall–Kier alpha value is -4.84. The van der Waals surface area contributed by atoms with Crippen LogP contribution in [-0.2, 0) is 38.5 Å². The van der Waals surface area contributed by atoms with Gasteiger partial charge >= 0.3 is 20.2 Å². The summed E-state index contributed by atoms with van der Waals surface area (Å²) in [6.45, 7) is -0.0156. The monoisotopic (exact) mass is 701 g/mol. The van der Waals surface area contributed by atoms with E-state index < -0.39 is 104 Å². The van der Waals surface area contributed by atoms with Crippen molar-refractivity contribution in [2.45, 2.75) is 50.6 Å². The number of likely N-dealkylation sites (tertiary alicyclic amines) is 1. The predicted molar refractivity (Wildman–Crippen MR) is 162 cm³/mol. The average molecular weight is 701 g/mol. The van der Waals surface area contributed by atoms with Crippen molar-refractivity contribution in [2.75, 3.05) is 6.54 Å². The number of carbonyl (C=O) groups excluding carboxylic acids is 3. The van der Waals surface area contributed by atoms with Crippen LogP contribution < -0.4 is 21.6 Å². The van der Waals surface area contributed by atoms with E-state index in [0.29, 0.717) is 22.1 Å². The molecule has 0 spiro atoms. The van der Waals surface area contributed by atoms with Crippen molar-refractivity contribution in [3.8, 4) is 0 Å². The standard InChI is InChI=1S/C31H26B2F5N3O9/c34-24-19(25(35)27(37)28(38)26(24)36)7-17(9-23(42)43)39-30(45)22-8-18(40-29(44)13-1-3-15-11-49-32(47)20(15)5-13)10-41(22)31(46)14-2-4-16-12-50-33(48)21(16)6-14/h1-6,17-18,22,47-48H,7-12H2,(H,39,45)(H,40,44)(H,42,43)/t17-,18?,22+/m1/s1. The van der Waals surface area contributed by atoms with Crippen molar-refractivity contribution in [1.82, 2.24) is 15.5 Å². The lowest BCUT2D eigenvalue weighted by Crippen LogP contribution is -2.50. The number of fused-ring (bicyclic) bond motifs is 2. The summed E-state index contributed by atoms with van der Waals surface area (Å²) in [6.07, 6.45) is -2.34. The highest BCUT2D eigenvalue weighted by Crippen LogP contribution is 2.26. The Morgan fingerprint density at radius 1 is 0.840 bits per heavy atom. The third-order valence-electron chi connectivity index (χ3n) is 8.84. The van der Waals surface area contributed by atoms with Gasteiger partial charge in [-0.05, 0) is 59.2 Å². The van der Waals surface area contributed by atoms with E-state index in [9.17, 15) is 56.3 Å². The molecule has 1 unspecified atom stereocenters.